The highest BCUT2D eigenvalue weighted by Crippen LogP contribution is 2.13. The van der Waals surface area contributed by atoms with E-state index in [9.17, 15) is 4.79 Å². The van der Waals surface area contributed by atoms with Crippen molar-refractivity contribution < 1.29 is 4.79 Å². The molecule has 0 bridgehead atoms. The standard InChI is InChI=1S/C23H30N2O/c1-19-7-5-8-20(17-19)9-6-14-24-23(26)22-12-10-21(11-13-22)18-25-15-3-2-4-16-25/h5,7-8,10-13,17H,2-4,6,9,14-16,18H2,1H3,(H,24,26). The van der Waals surface area contributed by atoms with Gasteiger partial charge in [0.15, 0.2) is 0 Å². The lowest BCUT2D eigenvalue weighted by Crippen LogP contribution is -2.29. The van der Waals surface area contributed by atoms with Gasteiger partial charge in [-0.25, -0.2) is 0 Å². The Morgan fingerprint density at radius 1 is 1.00 bits per heavy atom. The maximum absolute atomic E-state index is 12.3. The lowest BCUT2D eigenvalue weighted by atomic mass is 10.1. The molecule has 138 valence electrons. The molecule has 1 heterocycles. The van der Waals surface area contributed by atoms with E-state index in [-0.39, 0.29) is 5.91 Å². The molecule has 26 heavy (non-hydrogen) atoms. The van der Waals surface area contributed by atoms with Gasteiger partial charge in [0, 0.05) is 18.7 Å². The molecule has 0 aliphatic carbocycles. The molecule has 2 aromatic carbocycles. The zero-order valence-corrected chi connectivity index (χ0v) is 15.8. The summed E-state index contributed by atoms with van der Waals surface area (Å²) in [6.45, 7) is 6.22. The third-order valence-corrected chi connectivity index (χ3v) is 5.08. The molecule has 3 heteroatoms. The molecule has 0 unspecified atom stereocenters. The first-order valence-corrected chi connectivity index (χ1v) is 9.86. The second-order valence-corrected chi connectivity index (χ2v) is 7.38. The summed E-state index contributed by atoms with van der Waals surface area (Å²) >= 11 is 0. The molecule has 0 spiro atoms. The fourth-order valence-electron chi connectivity index (χ4n) is 3.60. The molecule has 1 N–H and O–H groups in total. The number of likely N-dealkylation sites (tertiary alicyclic amines) is 1. The number of nitrogens with zero attached hydrogens (tertiary/aromatic N) is 1. The molecule has 0 aromatic heterocycles. The van der Waals surface area contributed by atoms with Crippen molar-refractivity contribution in [3.05, 3.63) is 70.8 Å². The summed E-state index contributed by atoms with van der Waals surface area (Å²) in [4.78, 5) is 14.8. The van der Waals surface area contributed by atoms with Crippen molar-refractivity contribution in [1.29, 1.82) is 0 Å². The minimum absolute atomic E-state index is 0.0266. The predicted octanol–water partition coefficient (Wildman–Crippen LogP) is 4.34. The van der Waals surface area contributed by atoms with Crippen molar-refractivity contribution in [2.45, 2.75) is 45.6 Å². The quantitative estimate of drug-likeness (QED) is 0.753. The third-order valence-electron chi connectivity index (χ3n) is 5.08. The maximum atomic E-state index is 12.3. The van der Waals surface area contributed by atoms with Crippen LogP contribution in [0.5, 0.6) is 0 Å². The largest absolute Gasteiger partial charge is 0.352 e. The minimum atomic E-state index is 0.0266. The van der Waals surface area contributed by atoms with Gasteiger partial charge in [-0.1, -0.05) is 48.4 Å². The van der Waals surface area contributed by atoms with Gasteiger partial charge in [-0.2, -0.15) is 0 Å². The molecule has 1 saturated heterocycles. The third kappa shape index (κ3) is 5.70. The number of carbonyl (C=O) groups excluding carboxylic acids is 1. The Bertz CT molecular complexity index is 702. The number of nitrogens with one attached hydrogen (secondary N) is 1. The second-order valence-electron chi connectivity index (χ2n) is 7.38. The molecular weight excluding hydrogens is 320 g/mol. The summed E-state index contributed by atoms with van der Waals surface area (Å²) in [7, 11) is 0. The van der Waals surface area contributed by atoms with Crippen molar-refractivity contribution in [1.82, 2.24) is 10.2 Å². The van der Waals surface area contributed by atoms with Gasteiger partial charge >= 0.3 is 0 Å². The summed E-state index contributed by atoms with van der Waals surface area (Å²) in [5.74, 6) is 0.0266. The Kier molecular flexibility index (Phi) is 6.84. The Hall–Kier alpha value is -2.13. The smallest absolute Gasteiger partial charge is 0.251 e. The van der Waals surface area contributed by atoms with Crippen LogP contribution < -0.4 is 5.32 Å². The molecule has 0 saturated carbocycles. The van der Waals surface area contributed by atoms with Gasteiger partial charge in [-0.05, 0) is 69.0 Å². The molecule has 3 rings (SSSR count). The van der Waals surface area contributed by atoms with Gasteiger partial charge in [-0.15, -0.1) is 0 Å². The molecule has 0 radical (unpaired) electrons. The van der Waals surface area contributed by atoms with E-state index in [2.05, 4.69) is 53.5 Å². The Morgan fingerprint density at radius 2 is 1.77 bits per heavy atom. The van der Waals surface area contributed by atoms with Crippen molar-refractivity contribution in [3.63, 3.8) is 0 Å². The Morgan fingerprint density at radius 3 is 2.50 bits per heavy atom. The van der Waals surface area contributed by atoms with Crippen LogP contribution in [-0.4, -0.2) is 30.4 Å². The van der Waals surface area contributed by atoms with E-state index >= 15 is 0 Å². The van der Waals surface area contributed by atoms with Gasteiger partial charge in [0.2, 0.25) is 0 Å². The molecule has 3 nitrogen and oxygen atoms in total. The first kappa shape index (κ1) is 18.7. The summed E-state index contributed by atoms with van der Waals surface area (Å²) < 4.78 is 0. The number of aryl methyl sites for hydroxylation is 2. The zero-order chi connectivity index (χ0) is 18.2. The number of hydrogen-bond donors (Lipinski definition) is 1. The average Bonchev–Trinajstić information content (AvgIpc) is 2.66. The van der Waals surface area contributed by atoms with Crippen LogP contribution in [0.4, 0.5) is 0 Å². The van der Waals surface area contributed by atoms with E-state index < -0.39 is 0 Å². The maximum Gasteiger partial charge on any atom is 0.251 e. The molecule has 1 aliphatic rings. The van der Waals surface area contributed by atoms with Crippen LogP contribution >= 0.6 is 0 Å². The number of benzene rings is 2. The van der Waals surface area contributed by atoms with Crippen LogP contribution in [0, 0.1) is 6.92 Å². The van der Waals surface area contributed by atoms with E-state index in [4.69, 9.17) is 0 Å². The van der Waals surface area contributed by atoms with Gasteiger partial charge in [-0.3, -0.25) is 9.69 Å². The highest BCUT2D eigenvalue weighted by Gasteiger charge is 2.11. The Balaban J connectivity index is 1.41. The monoisotopic (exact) mass is 350 g/mol. The number of piperidine rings is 1. The van der Waals surface area contributed by atoms with Crippen molar-refractivity contribution >= 4 is 5.91 Å². The lowest BCUT2D eigenvalue weighted by Gasteiger charge is -2.26. The second kappa shape index (κ2) is 9.54. The predicted molar refractivity (Wildman–Crippen MR) is 107 cm³/mol. The van der Waals surface area contributed by atoms with E-state index in [1.165, 1.54) is 49.0 Å². The fourth-order valence-corrected chi connectivity index (χ4v) is 3.60. The average molecular weight is 351 g/mol. The van der Waals surface area contributed by atoms with Gasteiger partial charge in [0.05, 0.1) is 0 Å². The van der Waals surface area contributed by atoms with Crippen LogP contribution in [0.25, 0.3) is 0 Å². The zero-order valence-electron chi connectivity index (χ0n) is 15.8. The van der Waals surface area contributed by atoms with E-state index in [1.807, 2.05) is 12.1 Å². The van der Waals surface area contributed by atoms with Crippen LogP contribution in [0.3, 0.4) is 0 Å². The van der Waals surface area contributed by atoms with Crippen molar-refractivity contribution in [2.24, 2.45) is 0 Å². The molecule has 0 atom stereocenters. The normalized spacial score (nSPS) is 15.0. The fraction of sp³-hybridized carbons (Fsp3) is 0.435. The van der Waals surface area contributed by atoms with Crippen molar-refractivity contribution in [3.8, 4) is 0 Å². The summed E-state index contributed by atoms with van der Waals surface area (Å²) in [6, 6.07) is 16.7. The topological polar surface area (TPSA) is 32.3 Å². The number of carbonyl (C=O) groups is 1. The van der Waals surface area contributed by atoms with Crippen LogP contribution in [0.1, 0.15) is 52.7 Å². The van der Waals surface area contributed by atoms with Gasteiger partial charge < -0.3 is 5.32 Å². The lowest BCUT2D eigenvalue weighted by molar-refractivity contribution is 0.0953. The number of rotatable bonds is 7. The molecule has 1 fully saturated rings. The highest BCUT2D eigenvalue weighted by atomic mass is 16.1. The number of amides is 1. The van der Waals surface area contributed by atoms with E-state index in [1.54, 1.807) is 0 Å². The highest BCUT2D eigenvalue weighted by molar-refractivity contribution is 5.94. The minimum Gasteiger partial charge on any atom is -0.352 e. The van der Waals surface area contributed by atoms with Crippen LogP contribution in [0.15, 0.2) is 48.5 Å². The molecule has 1 amide bonds. The first-order valence-electron chi connectivity index (χ1n) is 9.86. The number of hydrogen-bond acceptors (Lipinski definition) is 2. The molecular formula is C23H30N2O. The van der Waals surface area contributed by atoms with Crippen LogP contribution in [-0.2, 0) is 13.0 Å². The van der Waals surface area contributed by atoms with Gasteiger partial charge in [0.1, 0.15) is 0 Å². The first-order chi connectivity index (χ1) is 12.7. The van der Waals surface area contributed by atoms with Crippen LogP contribution in [0.2, 0.25) is 0 Å². The summed E-state index contributed by atoms with van der Waals surface area (Å²) in [5.41, 5.74) is 4.67. The molecule has 1 aliphatic heterocycles. The summed E-state index contributed by atoms with van der Waals surface area (Å²) in [6.07, 6.45) is 5.94. The van der Waals surface area contributed by atoms with Gasteiger partial charge in [0.25, 0.3) is 5.91 Å². The van der Waals surface area contributed by atoms with Crippen molar-refractivity contribution in [2.75, 3.05) is 19.6 Å². The summed E-state index contributed by atoms with van der Waals surface area (Å²) in [5, 5.41) is 3.04. The van der Waals surface area contributed by atoms with E-state index in [0.29, 0.717) is 6.54 Å². The van der Waals surface area contributed by atoms with E-state index in [0.717, 1.165) is 24.9 Å². The Labute approximate surface area is 157 Å². The SMILES string of the molecule is Cc1cccc(CCCNC(=O)c2ccc(CN3CCCCC3)cc2)c1. The molecule has 2 aromatic rings.